The highest BCUT2D eigenvalue weighted by molar-refractivity contribution is 7.99. The largest absolute Gasteiger partial charge is 0.473 e. The minimum Gasteiger partial charge on any atom is -0.473 e. The third-order valence-corrected chi connectivity index (χ3v) is 7.97. The average Bonchev–Trinajstić information content (AvgIpc) is 3.03. The molecule has 30 heavy (non-hydrogen) atoms. The van der Waals surface area contributed by atoms with Crippen LogP contribution in [0.25, 0.3) is 0 Å². The fourth-order valence-electron chi connectivity index (χ4n) is 5.51. The van der Waals surface area contributed by atoms with Crippen molar-refractivity contribution < 1.29 is 14.1 Å². The van der Waals surface area contributed by atoms with Gasteiger partial charge in [0.2, 0.25) is 5.76 Å². The van der Waals surface area contributed by atoms with Crippen LogP contribution in [0.2, 0.25) is 0 Å². The number of rotatable bonds is 8. The van der Waals surface area contributed by atoms with Crippen molar-refractivity contribution in [1.29, 1.82) is 0 Å². The molecule has 5 rings (SSSR count). The highest BCUT2D eigenvalue weighted by Gasteiger charge is 2.49. The molecule has 8 heteroatoms. The van der Waals surface area contributed by atoms with Crippen LogP contribution in [0.3, 0.4) is 0 Å². The second kappa shape index (κ2) is 9.29. The summed E-state index contributed by atoms with van der Waals surface area (Å²) in [5, 5.41) is 7.39. The number of ether oxygens (including phenoxy) is 1. The molecule has 1 heterocycles. The summed E-state index contributed by atoms with van der Waals surface area (Å²) in [5.74, 6) is 4.87. The van der Waals surface area contributed by atoms with Crippen molar-refractivity contribution in [3.05, 3.63) is 5.76 Å². The first-order valence-corrected chi connectivity index (χ1v) is 12.0. The molecule has 0 saturated heterocycles. The van der Waals surface area contributed by atoms with Gasteiger partial charge in [0.1, 0.15) is 11.5 Å². The van der Waals surface area contributed by atoms with Crippen LogP contribution >= 0.6 is 24.2 Å². The first kappa shape index (κ1) is 23.7. The summed E-state index contributed by atoms with van der Waals surface area (Å²) >= 11 is 1.58. The molecule has 4 bridgehead atoms. The monoisotopic (exact) mass is 457 g/mol. The van der Waals surface area contributed by atoms with Gasteiger partial charge in [0, 0.05) is 17.3 Å². The Kier molecular flexibility index (Phi) is 7.35. The Bertz CT molecular complexity index is 718. The Labute approximate surface area is 190 Å². The second-order valence-corrected chi connectivity index (χ2v) is 11.6. The Hall–Kier alpha value is -0.920. The minimum atomic E-state index is -0.484. The molecule has 0 unspecified atom stereocenters. The number of nitrogens with two attached hydrogens (primary N) is 1. The van der Waals surface area contributed by atoms with Crippen molar-refractivity contribution in [2.75, 3.05) is 12.4 Å². The molecule has 6 nitrogen and oxygen atoms in total. The van der Waals surface area contributed by atoms with Crippen LogP contribution in [0, 0.1) is 29.6 Å². The van der Waals surface area contributed by atoms with E-state index in [4.69, 9.17) is 15.0 Å². The number of carbonyl (C=O) groups is 1. The lowest BCUT2D eigenvalue weighted by Crippen LogP contribution is -2.55. The topological polar surface area (TPSA) is 90.4 Å². The number of amides is 1. The summed E-state index contributed by atoms with van der Waals surface area (Å²) in [7, 11) is 0. The molecule has 0 aromatic carbocycles. The van der Waals surface area contributed by atoms with Gasteiger partial charge >= 0.3 is 0 Å². The number of hydrogen-bond acceptors (Lipinski definition) is 6. The first-order chi connectivity index (χ1) is 13.7. The van der Waals surface area contributed by atoms with Gasteiger partial charge in [-0.05, 0) is 80.7 Å². The Morgan fingerprint density at radius 1 is 1.23 bits per heavy atom. The molecule has 0 spiro atoms. The van der Waals surface area contributed by atoms with Crippen LogP contribution in [0.1, 0.15) is 70.4 Å². The Morgan fingerprint density at radius 2 is 1.83 bits per heavy atom. The third kappa shape index (κ3) is 5.28. The van der Waals surface area contributed by atoms with Gasteiger partial charge in [-0.25, -0.2) is 0 Å². The maximum Gasteiger partial charge on any atom is 0.291 e. The lowest BCUT2D eigenvalue weighted by Gasteiger charge is -2.54. The average molecular weight is 458 g/mol. The standard InChI is InChI=1S/C22H35N3O3S.ClH/c1-12(2)10-29-19-18(28-25-21(19)27-11-22(3,4)23)20(26)24-17-15-6-13-5-14(8-15)9-16(17)7-13;/h12-17H,5-11,23H2,1-4H3,(H,24,26);1H. The summed E-state index contributed by atoms with van der Waals surface area (Å²) < 4.78 is 11.3. The van der Waals surface area contributed by atoms with Gasteiger partial charge in [-0.1, -0.05) is 13.8 Å². The van der Waals surface area contributed by atoms with Gasteiger partial charge in [-0.3, -0.25) is 4.79 Å². The van der Waals surface area contributed by atoms with E-state index in [2.05, 4.69) is 24.3 Å². The molecular formula is C22H36ClN3O3S. The molecule has 0 radical (unpaired) electrons. The number of carbonyl (C=O) groups excluding carboxylic acids is 1. The smallest absolute Gasteiger partial charge is 0.291 e. The molecule has 4 fully saturated rings. The molecule has 4 aliphatic carbocycles. The highest BCUT2D eigenvalue weighted by Crippen LogP contribution is 2.53. The van der Waals surface area contributed by atoms with Crippen molar-refractivity contribution in [2.24, 2.45) is 35.3 Å². The maximum absolute atomic E-state index is 13.2. The van der Waals surface area contributed by atoms with Crippen LogP contribution in [-0.4, -0.2) is 35.0 Å². The Morgan fingerprint density at radius 3 is 2.37 bits per heavy atom. The fraction of sp³-hybridized carbons (Fsp3) is 0.818. The molecular weight excluding hydrogens is 422 g/mol. The molecule has 3 N–H and O–H groups in total. The number of thioether (sulfide) groups is 1. The molecule has 1 amide bonds. The lowest BCUT2D eigenvalue weighted by molar-refractivity contribution is -0.0124. The van der Waals surface area contributed by atoms with E-state index >= 15 is 0 Å². The van der Waals surface area contributed by atoms with Gasteiger partial charge in [-0.2, -0.15) is 0 Å². The number of aromatic nitrogens is 1. The van der Waals surface area contributed by atoms with E-state index in [1.807, 2.05) is 13.8 Å². The number of nitrogens with one attached hydrogen (secondary N) is 1. The predicted octanol–water partition coefficient (Wildman–Crippen LogP) is 4.52. The SMILES string of the molecule is CC(C)CSc1c(OCC(C)(C)N)noc1C(=O)NC1C2CC3CC(C2)CC1C3.Cl. The summed E-state index contributed by atoms with van der Waals surface area (Å²) in [4.78, 5) is 13.9. The van der Waals surface area contributed by atoms with E-state index in [9.17, 15) is 4.79 Å². The summed E-state index contributed by atoms with van der Waals surface area (Å²) in [6.07, 6.45) is 6.48. The van der Waals surface area contributed by atoms with E-state index in [-0.39, 0.29) is 30.1 Å². The van der Waals surface area contributed by atoms with Gasteiger partial charge in [0.05, 0.1) is 0 Å². The van der Waals surface area contributed by atoms with Gasteiger partial charge in [0.25, 0.3) is 11.8 Å². The van der Waals surface area contributed by atoms with Gasteiger partial charge in [-0.15, -0.1) is 24.2 Å². The summed E-state index contributed by atoms with van der Waals surface area (Å²) in [5.41, 5.74) is 5.56. The highest BCUT2D eigenvalue weighted by atomic mass is 35.5. The molecule has 1 aromatic heterocycles. The van der Waals surface area contributed by atoms with Crippen molar-refractivity contribution in [2.45, 2.75) is 76.3 Å². The number of halogens is 1. The predicted molar refractivity (Wildman–Crippen MR) is 121 cm³/mol. The quantitative estimate of drug-likeness (QED) is 0.558. The maximum atomic E-state index is 13.2. The van der Waals surface area contributed by atoms with Crippen molar-refractivity contribution in [3.63, 3.8) is 0 Å². The van der Waals surface area contributed by atoms with Crippen molar-refractivity contribution >= 4 is 30.1 Å². The van der Waals surface area contributed by atoms with Crippen LogP contribution in [0.5, 0.6) is 5.88 Å². The van der Waals surface area contributed by atoms with E-state index in [0.717, 1.165) is 17.6 Å². The fourth-order valence-corrected chi connectivity index (χ4v) is 6.49. The number of nitrogens with zero attached hydrogens (tertiary/aromatic N) is 1. The number of hydrogen-bond donors (Lipinski definition) is 2. The molecule has 0 aliphatic heterocycles. The lowest BCUT2D eigenvalue weighted by atomic mass is 9.54. The zero-order valence-corrected chi connectivity index (χ0v) is 20.1. The van der Waals surface area contributed by atoms with Crippen LogP contribution in [0.15, 0.2) is 9.42 Å². The third-order valence-electron chi connectivity index (χ3n) is 6.49. The van der Waals surface area contributed by atoms with Gasteiger partial charge < -0.3 is 20.3 Å². The summed E-state index contributed by atoms with van der Waals surface area (Å²) in [6.45, 7) is 8.41. The van der Waals surface area contributed by atoms with Gasteiger partial charge in [0.15, 0.2) is 0 Å². The molecule has 4 saturated carbocycles. The van der Waals surface area contributed by atoms with E-state index in [1.54, 1.807) is 11.8 Å². The van der Waals surface area contributed by atoms with E-state index in [0.29, 0.717) is 35.1 Å². The Balaban J connectivity index is 0.00000256. The second-order valence-electron chi connectivity index (χ2n) is 10.6. The van der Waals surface area contributed by atoms with Crippen LogP contribution < -0.4 is 15.8 Å². The minimum absolute atomic E-state index is 0. The summed E-state index contributed by atoms with van der Waals surface area (Å²) in [6, 6.07) is 0.274. The van der Waals surface area contributed by atoms with E-state index in [1.165, 1.54) is 32.1 Å². The van der Waals surface area contributed by atoms with E-state index < -0.39 is 5.54 Å². The molecule has 1 aromatic rings. The van der Waals surface area contributed by atoms with Crippen LogP contribution in [-0.2, 0) is 0 Å². The zero-order chi connectivity index (χ0) is 20.8. The van der Waals surface area contributed by atoms with Crippen molar-refractivity contribution in [1.82, 2.24) is 10.5 Å². The zero-order valence-electron chi connectivity index (χ0n) is 18.5. The van der Waals surface area contributed by atoms with Crippen LogP contribution in [0.4, 0.5) is 0 Å². The van der Waals surface area contributed by atoms with Crippen molar-refractivity contribution in [3.8, 4) is 5.88 Å². The molecule has 4 aliphatic rings. The molecule has 170 valence electrons. The first-order valence-electron chi connectivity index (χ1n) is 11.0. The normalized spacial score (nSPS) is 29.7. The molecule has 0 atom stereocenters.